The SMILES string of the molecule is C1=C(c2ccc(-c3ccccc3)cc2)CN=N1.Cn1cc(OCc2cccc(COc3cn(C)nn3)c2)nn1.F.FF.FF.FF.FF.FF.FF.FF.FF.FF.FF.FF.FF.FF.FF.FF.FF.FF.FF.c1ccc(-c2cnn(-c3ccccc3)n2)cc1.c1ccc(-c2ncn(-c3ccccc3)n2)cc1.c1ccc(-n2cnc(-c3cccc(-c4ncn(-c5ccccc5)n4)c3)n2)cc1. The Morgan fingerprint density at radius 2 is 0.565 bits per heavy atom. The Labute approximate surface area is 752 Å². The van der Waals surface area contributed by atoms with E-state index in [0.29, 0.717) is 43.2 Å². The molecule has 0 N–H and O–H groups in total. The molecule has 10 aromatic carbocycles. The molecule has 0 saturated carbocycles. The highest BCUT2D eigenvalue weighted by molar-refractivity contribution is 5.72. The second-order valence-corrected chi connectivity index (χ2v) is 22.6. The monoisotopic (exact) mass is 2030 g/mol. The molecule has 59 heteroatoms. The number of rotatable bonds is 16. The van der Waals surface area contributed by atoms with Crippen LogP contribution in [-0.2, 0) is 27.3 Å². The summed E-state index contributed by atoms with van der Waals surface area (Å²) in [7, 11) is 3.59. The van der Waals surface area contributed by atoms with E-state index in [2.05, 4.69) is 120 Å². The molecule has 17 rings (SSSR count). The first-order chi connectivity index (χ1) is 67.8. The molecular weight excluding hydrogens is 1960 g/mol. The molecule has 0 unspecified atom stereocenters. The molecule has 0 saturated heterocycles. The minimum absolute atomic E-state index is 0. The molecule has 0 radical (unpaired) electrons. The quantitative estimate of drug-likeness (QED) is 0.0820. The van der Waals surface area contributed by atoms with Crippen LogP contribution in [0.5, 0.6) is 11.8 Å². The standard InChI is InChI=1S/C22H16N6.C15H12N2.C14H16N6O2.2C14H11N3.18F2.FH/c1-3-10-19(11-4-1)27-15-23-21(25-27)17-8-7-9-18(14-17)22-24-16-28(26-22)20-12-5-2-6-13-20;1-2-4-12(5-3-1)13-6-8-14(9-7-13)15-10-16-17-11-15;1-19-7-13(15-17-19)21-9-11-4-3-5-12(6-11)10-22-14-8-20(2)18-16-14;1-3-7-12(8-4-1)14-15-11-17(16-14)13-9-5-2-6-10-13;1-3-7-12(8-4-1)14-11-15-17(16-14)13-9-5-2-6-10-13;18*1-2;/h1-16H;1-10H,11H2;3-8H,9-10H2,1-2H3;2*1-11H;;;;;;;;;;;;;;;;;;;1H. The van der Waals surface area contributed by atoms with E-state index in [0.717, 1.165) is 67.6 Å². The normalized spacial score (nSPS) is 8.93. The largest absolute Gasteiger partial charge is 0.471 e. The summed E-state index contributed by atoms with van der Waals surface area (Å²) in [5.41, 5.74) is 15.7. The third kappa shape index (κ3) is 51.4. The average molecular weight is 2030 g/mol. The molecule has 0 bridgehead atoms. The predicted octanol–water partition coefficient (Wildman–Crippen LogP) is 30.6. The topological polar surface area (TPSA) is 227 Å². The molecule has 7 heterocycles. The van der Waals surface area contributed by atoms with Crippen molar-refractivity contribution in [1.82, 2.24) is 89.3 Å². The number of hydrogen-bond acceptors (Lipinski definition) is 16. The van der Waals surface area contributed by atoms with Gasteiger partial charge in [0.15, 0.2) is 17.5 Å². The third-order valence-corrected chi connectivity index (χ3v) is 15.3. The van der Waals surface area contributed by atoms with E-state index in [4.69, 9.17) is 174 Å². The maximum absolute atomic E-state index is 8.00. The zero-order valence-electron chi connectivity index (χ0n) is 69.1. The first kappa shape index (κ1) is 134. The smallest absolute Gasteiger partial charge is 0.253 e. The molecule has 0 amide bonds. The van der Waals surface area contributed by atoms with E-state index in [9.17, 15) is 0 Å². The van der Waals surface area contributed by atoms with Crippen molar-refractivity contribution in [2.24, 2.45) is 24.3 Å². The Balaban J connectivity index is -0.000000289. The summed E-state index contributed by atoms with van der Waals surface area (Å²) in [6, 6.07) is 94.5. The summed E-state index contributed by atoms with van der Waals surface area (Å²) in [4.78, 5) is 14.9. The molecule has 754 valence electrons. The van der Waals surface area contributed by atoms with Gasteiger partial charge in [0.25, 0.3) is 11.8 Å². The lowest BCUT2D eigenvalue weighted by atomic mass is 10.0. The Bertz CT molecular complexity index is 4980. The summed E-state index contributed by atoms with van der Waals surface area (Å²) in [6.07, 6.45) is 12.2. The molecule has 1 aliphatic rings. The molecule has 22 nitrogen and oxygen atoms in total. The van der Waals surface area contributed by atoms with Crippen molar-refractivity contribution in [2.45, 2.75) is 13.2 Å². The van der Waals surface area contributed by atoms with Gasteiger partial charge in [0.1, 0.15) is 37.9 Å². The fraction of sp³-hybridized carbons (Fsp3) is 0.0633. The minimum Gasteiger partial charge on any atom is -0.471 e. The zero-order valence-corrected chi connectivity index (χ0v) is 69.1. The van der Waals surface area contributed by atoms with Crippen molar-refractivity contribution >= 4 is 5.57 Å². The van der Waals surface area contributed by atoms with E-state index >= 15 is 0 Å². The summed E-state index contributed by atoms with van der Waals surface area (Å²) < 4.78 is 308. The van der Waals surface area contributed by atoms with Crippen molar-refractivity contribution in [1.29, 1.82) is 0 Å². The van der Waals surface area contributed by atoms with Gasteiger partial charge in [-0.3, -0.25) is 14.1 Å². The fourth-order valence-corrected chi connectivity index (χ4v) is 10.2. The van der Waals surface area contributed by atoms with Gasteiger partial charge in [0.2, 0.25) is 0 Å². The van der Waals surface area contributed by atoms with Crippen LogP contribution < -0.4 is 9.47 Å². The number of aryl methyl sites for hydroxylation is 2. The Kier molecular flexibility index (Phi) is 92.6. The maximum atomic E-state index is 8.00. The molecule has 0 aliphatic carbocycles. The summed E-state index contributed by atoms with van der Waals surface area (Å²) in [5.74, 6) is 3.07. The Morgan fingerprint density at radius 3 is 0.884 bits per heavy atom. The number of hydrogen-bond donors (Lipinski definition) is 0. The number of halogens is 37. The highest BCUT2D eigenvalue weighted by Gasteiger charge is 2.13. The van der Waals surface area contributed by atoms with Crippen LogP contribution in [0.25, 0.3) is 84.9 Å². The number of para-hydroxylation sites is 4. The lowest BCUT2D eigenvalue weighted by Gasteiger charge is -2.06. The lowest BCUT2D eigenvalue weighted by molar-refractivity contribution is 0.108. The molecule has 0 spiro atoms. The van der Waals surface area contributed by atoms with Crippen LogP contribution in [-0.4, -0.2) is 95.8 Å². The number of azo groups is 1. The van der Waals surface area contributed by atoms with E-state index in [1.54, 1.807) is 79.9 Å². The van der Waals surface area contributed by atoms with Gasteiger partial charge < -0.3 is 9.47 Å². The van der Waals surface area contributed by atoms with Crippen LogP contribution in [0.15, 0.2) is 339 Å². The highest BCUT2D eigenvalue weighted by atomic mass is 20.0. The highest BCUT2D eigenvalue weighted by Crippen LogP contribution is 2.27. The molecule has 138 heavy (non-hydrogen) atoms. The molecule has 1 aliphatic heterocycles. The van der Waals surface area contributed by atoms with Gasteiger partial charge in [0, 0.05) is 207 Å². The van der Waals surface area contributed by atoms with Crippen molar-refractivity contribution in [2.75, 3.05) is 6.54 Å². The average Bonchev–Trinajstić information content (AvgIpc) is 1.65. The van der Waals surface area contributed by atoms with Crippen LogP contribution in [0, 0.1) is 0 Å². The second-order valence-electron chi connectivity index (χ2n) is 22.6. The van der Waals surface area contributed by atoms with Crippen LogP contribution in [0.1, 0.15) is 16.7 Å². The van der Waals surface area contributed by atoms with Crippen molar-refractivity contribution in [3.8, 4) is 91.1 Å². The summed E-state index contributed by atoms with van der Waals surface area (Å²) in [5, 5.41) is 45.6. The number of aromatic nitrogens is 18. The molecule has 6 aromatic heterocycles. The Hall–Kier alpha value is -16.6. The Morgan fingerprint density at radius 1 is 0.283 bits per heavy atom. The lowest BCUT2D eigenvalue weighted by Crippen LogP contribution is -1.99. The van der Waals surface area contributed by atoms with Crippen LogP contribution in [0.4, 0.5) is 169 Å². The van der Waals surface area contributed by atoms with Gasteiger partial charge in [-0.05, 0) is 88.5 Å². The van der Waals surface area contributed by atoms with Crippen molar-refractivity contribution in [3.63, 3.8) is 0 Å². The molecule has 16 aromatic rings. The minimum atomic E-state index is 0. The van der Waals surface area contributed by atoms with Crippen molar-refractivity contribution < 1.29 is 179 Å². The van der Waals surface area contributed by atoms with Crippen LogP contribution >= 0.6 is 0 Å². The fourth-order valence-electron chi connectivity index (χ4n) is 10.2. The van der Waals surface area contributed by atoms with Crippen LogP contribution in [0.2, 0.25) is 0 Å². The number of nitrogens with zero attached hydrogens (tertiary/aromatic N) is 20. The zero-order chi connectivity index (χ0) is 105. The van der Waals surface area contributed by atoms with E-state index in [1.165, 1.54) is 22.3 Å². The van der Waals surface area contributed by atoms with E-state index < -0.39 is 0 Å². The van der Waals surface area contributed by atoms with Gasteiger partial charge in [0.05, 0.1) is 54.1 Å². The van der Waals surface area contributed by atoms with E-state index in [1.807, 2.05) is 243 Å². The first-order valence-corrected chi connectivity index (χ1v) is 34.8. The van der Waals surface area contributed by atoms with Gasteiger partial charge in [-0.2, -0.15) is 20.1 Å². The molecular formula is C79H67F37N20O2. The predicted molar refractivity (Wildman–Crippen MR) is 430 cm³/mol. The third-order valence-electron chi connectivity index (χ3n) is 15.3. The summed E-state index contributed by atoms with van der Waals surface area (Å²) in [6.45, 7) is 1.56. The molecule has 0 fully saturated rings. The van der Waals surface area contributed by atoms with Gasteiger partial charge in [-0.15, -0.1) is 20.4 Å². The maximum Gasteiger partial charge on any atom is 0.253 e. The molecule has 0 atom stereocenters. The van der Waals surface area contributed by atoms with E-state index in [-0.39, 0.29) is 4.70 Å². The summed E-state index contributed by atoms with van der Waals surface area (Å²) >= 11 is 0. The van der Waals surface area contributed by atoms with Gasteiger partial charge in [-0.25, -0.2) is 29.0 Å². The first-order valence-electron chi connectivity index (χ1n) is 34.8. The van der Waals surface area contributed by atoms with Crippen LogP contribution in [0.3, 0.4) is 0 Å². The van der Waals surface area contributed by atoms with Gasteiger partial charge >= 0.3 is 0 Å². The number of benzene rings is 10. The van der Waals surface area contributed by atoms with Crippen molar-refractivity contribution in [3.05, 3.63) is 346 Å². The second kappa shape index (κ2) is 95.0. The number of ether oxygens (including phenoxy) is 2. The van der Waals surface area contributed by atoms with Gasteiger partial charge in [-0.1, -0.05) is 245 Å².